The van der Waals surface area contributed by atoms with Gasteiger partial charge in [0.2, 0.25) is 0 Å². The van der Waals surface area contributed by atoms with Gasteiger partial charge in [-0.1, -0.05) is 127 Å². The number of hydrogen-bond donors (Lipinski definition) is 0. The molecule has 0 saturated carbocycles. The molecule has 1 spiro atoms. The molecule has 1 aromatic heterocycles. The quantitative estimate of drug-likeness (QED) is 0.194. The first-order chi connectivity index (χ1) is 23.3. The van der Waals surface area contributed by atoms with E-state index in [-0.39, 0.29) is 0 Å². The molecule has 2 aliphatic carbocycles. The van der Waals surface area contributed by atoms with E-state index in [1.54, 1.807) is 0 Å². The zero-order valence-corrected chi connectivity index (χ0v) is 25.7. The Morgan fingerprint density at radius 1 is 0.298 bits per heavy atom. The molecule has 0 fully saturated rings. The van der Waals surface area contributed by atoms with Gasteiger partial charge in [0.05, 0.1) is 5.41 Å². The van der Waals surface area contributed by atoms with Gasteiger partial charge in [0.25, 0.3) is 0 Å². The van der Waals surface area contributed by atoms with Crippen molar-refractivity contribution in [2.24, 2.45) is 0 Å². The molecule has 0 radical (unpaired) electrons. The molecule has 2 aliphatic rings. The highest BCUT2D eigenvalue weighted by molar-refractivity contribution is 6.01. The minimum atomic E-state index is -0.562. The molecule has 7 aromatic carbocycles. The number of hydrogen-bond acceptors (Lipinski definition) is 1. The Hall–Kier alpha value is -6.05. The van der Waals surface area contributed by atoms with Gasteiger partial charge >= 0.3 is 0 Å². The first-order valence-electron chi connectivity index (χ1n) is 16.3. The standard InChI is InChI=1S/C46H29N/c1-2-10-30(11-3-1)34-18-20-39-36-14-6-7-15-37(36)40-21-19-35(31-22-24-47-25-23-31)29-44(40)46(43(39)28-34)42-17-9-8-16-38(42)41-26-32-12-4-5-13-33(32)27-45(41)46/h1-29H. The number of pyridine rings is 1. The normalized spacial score (nSPS) is 15.3. The van der Waals surface area contributed by atoms with Crippen molar-refractivity contribution >= 4 is 10.8 Å². The lowest BCUT2D eigenvalue weighted by Crippen LogP contribution is -2.29. The average Bonchev–Trinajstić information content (AvgIpc) is 3.38. The molecular weight excluding hydrogens is 567 g/mol. The summed E-state index contributed by atoms with van der Waals surface area (Å²) in [5.41, 5.74) is 17.2. The van der Waals surface area contributed by atoms with Crippen molar-refractivity contribution in [2.75, 3.05) is 0 Å². The fraction of sp³-hybridized carbons (Fsp3) is 0.0217. The van der Waals surface area contributed by atoms with E-state index in [1.807, 2.05) is 12.4 Å². The molecule has 0 saturated heterocycles. The Morgan fingerprint density at radius 3 is 1.45 bits per heavy atom. The van der Waals surface area contributed by atoms with Gasteiger partial charge in [-0.05, 0) is 125 Å². The second-order valence-corrected chi connectivity index (χ2v) is 12.7. The van der Waals surface area contributed by atoms with Crippen LogP contribution in [0.25, 0.3) is 66.4 Å². The van der Waals surface area contributed by atoms with Gasteiger partial charge < -0.3 is 0 Å². The predicted molar refractivity (Wildman–Crippen MR) is 194 cm³/mol. The summed E-state index contributed by atoms with van der Waals surface area (Å²) in [6.45, 7) is 0. The lowest BCUT2D eigenvalue weighted by molar-refractivity contribution is 0.777. The summed E-state index contributed by atoms with van der Waals surface area (Å²) < 4.78 is 0. The fourth-order valence-electron chi connectivity index (χ4n) is 8.35. The van der Waals surface area contributed by atoms with Crippen LogP contribution in [-0.4, -0.2) is 4.98 Å². The molecule has 47 heavy (non-hydrogen) atoms. The Morgan fingerprint density at radius 2 is 0.787 bits per heavy atom. The van der Waals surface area contributed by atoms with Crippen LogP contribution in [0.2, 0.25) is 0 Å². The number of rotatable bonds is 2. The Balaban J connectivity index is 1.43. The summed E-state index contributed by atoms with van der Waals surface area (Å²) in [6.07, 6.45) is 3.78. The van der Waals surface area contributed by atoms with Crippen LogP contribution >= 0.6 is 0 Å². The van der Waals surface area contributed by atoms with Gasteiger partial charge in [-0.3, -0.25) is 4.98 Å². The van der Waals surface area contributed by atoms with Gasteiger partial charge in [-0.25, -0.2) is 0 Å². The third kappa shape index (κ3) is 3.69. The van der Waals surface area contributed by atoms with Gasteiger partial charge in [-0.15, -0.1) is 0 Å². The molecule has 10 rings (SSSR count). The second kappa shape index (κ2) is 9.97. The number of fused-ring (bicyclic) bond motifs is 13. The topological polar surface area (TPSA) is 12.9 Å². The molecule has 0 amide bonds. The van der Waals surface area contributed by atoms with E-state index < -0.39 is 5.41 Å². The minimum Gasteiger partial charge on any atom is -0.265 e. The Labute approximate surface area is 274 Å². The Bertz CT molecular complexity index is 2400. The van der Waals surface area contributed by atoms with Crippen molar-refractivity contribution in [3.8, 4) is 55.6 Å². The van der Waals surface area contributed by atoms with Crippen LogP contribution in [0.5, 0.6) is 0 Å². The van der Waals surface area contributed by atoms with E-state index in [0.29, 0.717) is 0 Å². The molecule has 1 nitrogen and oxygen atoms in total. The summed E-state index contributed by atoms with van der Waals surface area (Å²) in [6, 6.07) is 61.1. The first kappa shape index (κ1) is 26.2. The van der Waals surface area contributed by atoms with Crippen molar-refractivity contribution in [3.63, 3.8) is 0 Å². The molecule has 1 heterocycles. The molecule has 1 heteroatoms. The van der Waals surface area contributed by atoms with E-state index >= 15 is 0 Å². The molecule has 0 bridgehead atoms. The predicted octanol–water partition coefficient (Wildman–Crippen LogP) is 11.6. The maximum Gasteiger partial charge on any atom is 0.0726 e. The molecule has 1 atom stereocenters. The lowest BCUT2D eigenvalue weighted by Gasteiger charge is -2.36. The van der Waals surface area contributed by atoms with E-state index in [0.717, 1.165) is 0 Å². The van der Waals surface area contributed by atoms with Crippen molar-refractivity contribution < 1.29 is 0 Å². The van der Waals surface area contributed by atoms with E-state index in [4.69, 9.17) is 0 Å². The van der Waals surface area contributed by atoms with Crippen LogP contribution in [0.3, 0.4) is 0 Å². The highest BCUT2D eigenvalue weighted by Crippen LogP contribution is 2.62. The summed E-state index contributed by atoms with van der Waals surface area (Å²) in [7, 11) is 0. The smallest absolute Gasteiger partial charge is 0.0726 e. The van der Waals surface area contributed by atoms with E-state index in [1.165, 1.54) is 88.7 Å². The largest absolute Gasteiger partial charge is 0.265 e. The van der Waals surface area contributed by atoms with Gasteiger partial charge in [0, 0.05) is 12.4 Å². The third-order valence-corrected chi connectivity index (χ3v) is 10.4. The van der Waals surface area contributed by atoms with Gasteiger partial charge in [0.15, 0.2) is 0 Å². The SMILES string of the molecule is c1ccc(-c2ccc3c(c2)C2(c4cc(-c5ccncc5)ccc4-c4ccccc4-3)c3ccccc3-c3cc4ccccc4cc32)cc1. The molecular formula is C46H29N. The molecule has 0 N–H and O–H groups in total. The molecule has 8 aromatic rings. The van der Waals surface area contributed by atoms with Gasteiger partial charge in [-0.2, -0.15) is 0 Å². The van der Waals surface area contributed by atoms with Crippen molar-refractivity contribution in [1.82, 2.24) is 4.98 Å². The van der Waals surface area contributed by atoms with E-state index in [2.05, 4.69) is 169 Å². The second-order valence-electron chi connectivity index (χ2n) is 12.7. The zero-order chi connectivity index (χ0) is 31.0. The average molecular weight is 596 g/mol. The van der Waals surface area contributed by atoms with Crippen molar-refractivity contribution in [2.45, 2.75) is 5.41 Å². The third-order valence-electron chi connectivity index (χ3n) is 10.4. The highest BCUT2D eigenvalue weighted by Gasteiger charge is 2.50. The minimum absolute atomic E-state index is 0.562. The van der Waals surface area contributed by atoms with Crippen molar-refractivity contribution in [1.29, 1.82) is 0 Å². The summed E-state index contributed by atoms with van der Waals surface area (Å²) in [5.74, 6) is 0. The number of benzene rings is 7. The van der Waals surface area contributed by atoms with Crippen LogP contribution in [0.15, 0.2) is 176 Å². The zero-order valence-electron chi connectivity index (χ0n) is 25.7. The molecule has 1 unspecified atom stereocenters. The van der Waals surface area contributed by atoms with E-state index in [9.17, 15) is 0 Å². The maximum absolute atomic E-state index is 4.33. The summed E-state index contributed by atoms with van der Waals surface area (Å²) in [4.78, 5) is 4.33. The number of nitrogens with zero attached hydrogens (tertiary/aromatic N) is 1. The number of aromatic nitrogens is 1. The van der Waals surface area contributed by atoms with Crippen LogP contribution in [0.1, 0.15) is 22.3 Å². The van der Waals surface area contributed by atoms with Gasteiger partial charge in [0.1, 0.15) is 0 Å². The lowest BCUT2D eigenvalue weighted by atomic mass is 9.65. The van der Waals surface area contributed by atoms with Crippen LogP contribution in [0, 0.1) is 0 Å². The maximum atomic E-state index is 4.33. The van der Waals surface area contributed by atoms with Crippen LogP contribution < -0.4 is 0 Å². The summed E-state index contributed by atoms with van der Waals surface area (Å²) in [5, 5.41) is 2.52. The molecule has 0 aliphatic heterocycles. The first-order valence-corrected chi connectivity index (χ1v) is 16.3. The summed E-state index contributed by atoms with van der Waals surface area (Å²) >= 11 is 0. The fourth-order valence-corrected chi connectivity index (χ4v) is 8.35. The monoisotopic (exact) mass is 595 g/mol. The van der Waals surface area contributed by atoms with Crippen molar-refractivity contribution in [3.05, 3.63) is 198 Å². The van der Waals surface area contributed by atoms with Crippen LogP contribution in [-0.2, 0) is 5.41 Å². The molecule has 218 valence electrons. The Kier molecular flexibility index (Phi) is 5.56. The van der Waals surface area contributed by atoms with Crippen LogP contribution in [0.4, 0.5) is 0 Å². The highest BCUT2D eigenvalue weighted by atomic mass is 14.6.